The predicted molar refractivity (Wildman–Crippen MR) is 90.1 cm³/mol. The van der Waals surface area contributed by atoms with E-state index in [1.807, 2.05) is 19.0 Å². The molecule has 0 saturated carbocycles. The lowest BCUT2D eigenvalue weighted by atomic mass is 10.2. The van der Waals surface area contributed by atoms with Crippen molar-refractivity contribution in [1.29, 1.82) is 0 Å². The summed E-state index contributed by atoms with van der Waals surface area (Å²) < 4.78 is 0. The molecule has 112 valence electrons. The van der Waals surface area contributed by atoms with Crippen LogP contribution >= 0.6 is 0 Å². The van der Waals surface area contributed by atoms with Crippen molar-refractivity contribution in [2.45, 2.75) is 13.3 Å². The monoisotopic (exact) mass is 293 g/mol. The smallest absolute Gasteiger partial charge is 0.228 e. The van der Waals surface area contributed by atoms with Gasteiger partial charge in [-0.1, -0.05) is 18.2 Å². The van der Waals surface area contributed by atoms with Crippen LogP contribution in [0.15, 0.2) is 30.3 Å². The van der Waals surface area contributed by atoms with Crippen LogP contribution in [0.4, 0.5) is 17.5 Å². The first-order chi connectivity index (χ1) is 10.6. The van der Waals surface area contributed by atoms with Crippen molar-refractivity contribution in [2.75, 3.05) is 30.4 Å². The van der Waals surface area contributed by atoms with Crippen molar-refractivity contribution in [3.8, 4) is 0 Å². The van der Waals surface area contributed by atoms with Gasteiger partial charge in [0.1, 0.15) is 11.5 Å². The van der Waals surface area contributed by atoms with Crippen LogP contribution in [0.1, 0.15) is 11.3 Å². The summed E-state index contributed by atoms with van der Waals surface area (Å²) in [5.74, 6) is 1.72. The molecule has 5 heteroatoms. The van der Waals surface area contributed by atoms with Gasteiger partial charge in [0.05, 0.1) is 5.39 Å². The summed E-state index contributed by atoms with van der Waals surface area (Å²) in [6, 6.07) is 10.7. The van der Waals surface area contributed by atoms with E-state index in [0.717, 1.165) is 41.5 Å². The zero-order chi connectivity index (χ0) is 15.3. The van der Waals surface area contributed by atoms with Crippen molar-refractivity contribution >= 4 is 28.5 Å². The Balaban J connectivity index is 1.94. The molecule has 0 unspecified atom stereocenters. The Morgan fingerprint density at radius 2 is 2.00 bits per heavy atom. The molecule has 1 N–H and O–H groups in total. The SMILES string of the molecule is Cc1cc2c(N3CCc4ccccc43)nc(N(C)C)nc2[nH]1. The Morgan fingerprint density at radius 3 is 2.82 bits per heavy atom. The number of aromatic amines is 1. The maximum atomic E-state index is 4.82. The van der Waals surface area contributed by atoms with Crippen LogP contribution in [0.25, 0.3) is 11.0 Å². The van der Waals surface area contributed by atoms with Crippen LogP contribution < -0.4 is 9.80 Å². The van der Waals surface area contributed by atoms with Gasteiger partial charge < -0.3 is 14.8 Å². The molecule has 3 aromatic rings. The second kappa shape index (κ2) is 4.73. The molecular weight excluding hydrogens is 274 g/mol. The van der Waals surface area contributed by atoms with Gasteiger partial charge in [-0.15, -0.1) is 0 Å². The van der Waals surface area contributed by atoms with Crippen LogP contribution in [-0.4, -0.2) is 35.6 Å². The fourth-order valence-electron chi connectivity index (χ4n) is 3.08. The number of para-hydroxylation sites is 1. The third-order valence-corrected chi connectivity index (χ3v) is 4.13. The van der Waals surface area contributed by atoms with Gasteiger partial charge in [-0.05, 0) is 31.0 Å². The number of rotatable bonds is 2. The van der Waals surface area contributed by atoms with E-state index in [0.29, 0.717) is 0 Å². The molecule has 1 aliphatic rings. The van der Waals surface area contributed by atoms with Crippen molar-refractivity contribution in [1.82, 2.24) is 15.0 Å². The molecule has 4 rings (SSSR count). The van der Waals surface area contributed by atoms with Crippen LogP contribution in [0, 0.1) is 6.92 Å². The second-order valence-electron chi connectivity index (χ2n) is 5.99. The standard InChI is InChI=1S/C17H19N5/c1-11-10-13-15(18-11)19-17(21(2)3)20-16(13)22-9-8-12-6-4-5-7-14(12)22/h4-7,10H,8-9H2,1-3H3,(H,18,19,20). The Labute approximate surface area is 129 Å². The Hall–Kier alpha value is -2.56. The first-order valence-electron chi connectivity index (χ1n) is 7.53. The van der Waals surface area contributed by atoms with E-state index in [2.05, 4.69) is 52.1 Å². The number of nitrogens with one attached hydrogen (secondary N) is 1. The highest BCUT2D eigenvalue weighted by atomic mass is 15.3. The van der Waals surface area contributed by atoms with Gasteiger partial charge >= 0.3 is 0 Å². The third-order valence-electron chi connectivity index (χ3n) is 4.13. The third kappa shape index (κ3) is 1.93. The van der Waals surface area contributed by atoms with E-state index in [1.165, 1.54) is 11.3 Å². The highest BCUT2D eigenvalue weighted by Gasteiger charge is 2.24. The van der Waals surface area contributed by atoms with Gasteiger partial charge in [-0.2, -0.15) is 9.97 Å². The van der Waals surface area contributed by atoms with Gasteiger partial charge in [0.2, 0.25) is 5.95 Å². The summed E-state index contributed by atoms with van der Waals surface area (Å²) in [7, 11) is 3.94. The fraction of sp³-hybridized carbons (Fsp3) is 0.294. The average molecular weight is 293 g/mol. The summed E-state index contributed by atoms with van der Waals surface area (Å²) >= 11 is 0. The highest BCUT2D eigenvalue weighted by Crippen LogP contribution is 2.37. The number of H-pyrrole nitrogens is 1. The average Bonchev–Trinajstić information content (AvgIpc) is 3.08. The number of aromatic nitrogens is 3. The summed E-state index contributed by atoms with van der Waals surface area (Å²) in [4.78, 5) is 17.0. The highest BCUT2D eigenvalue weighted by molar-refractivity contribution is 5.92. The molecule has 0 atom stereocenters. The number of hydrogen-bond acceptors (Lipinski definition) is 4. The number of fused-ring (bicyclic) bond motifs is 2. The number of nitrogens with zero attached hydrogens (tertiary/aromatic N) is 4. The molecule has 0 fully saturated rings. The first-order valence-corrected chi connectivity index (χ1v) is 7.53. The number of hydrogen-bond donors (Lipinski definition) is 1. The molecule has 2 aromatic heterocycles. The molecule has 1 aromatic carbocycles. The van der Waals surface area contributed by atoms with Gasteiger partial charge in [0.15, 0.2) is 0 Å². The van der Waals surface area contributed by atoms with Crippen molar-refractivity contribution in [2.24, 2.45) is 0 Å². The maximum Gasteiger partial charge on any atom is 0.228 e. The van der Waals surface area contributed by atoms with E-state index in [4.69, 9.17) is 4.98 Å². The number of benzene rings is 1. The van der Waals surface area contributed by atoms with Gasteiger partial charge in [0.25, 0.3) is 0 Å². The Bertz CT molecular complexity index is 849. The van der Waals surface area contributed by atoms with Crippen LogP contribution in [-0.2, 0) is 6.42 Å². The molecule has 5 nitrogen and oxygen atoms in total. The predicted octanol–water partition coefficient (Wildman–Crippen LogP) is 3.03. The molecule has 22 heavy (non-hydrogen) atoms. The molecule has 0 radical (unpaired) electrons. The maximum absolute atomic E-state index is 4.82. The van der Waals surface area contributed by atoms with E-state index in [-0.39, 0.29) is 0 Å². The number of anilines is 3. The fourth-order valence-corrected chi connectivity index (χ4v) is 3.08. The van der Waals surface area contributed by atoms with Crippen LogP contribution in [0.2, 0.25) is 0 Å². The molecule has 3 heterocycles. The normalized spacial score (nSPS) is 13.7. The first kappa shape index (κ1) is 13.1. The molecule has 1 aliphatic heterocycles. The van der Waals surface area contributed by atoms with E-state index >= 15 is 0 Å². The van der Waals surface area contributed by atoms with Crippen LogP contribution in [0.5, 0.6) is 0 Å². The number of aryl methyl sites for hydroxylation is 1. The molecule has 0 amide bonds. The second-order valence-corrected chi connectivity index (χ2v) is 5.99. The lowest BCUT2D eigenvalue weighted by Gasteiger charge is -2.21. The molecule has 0 spiro atoms. The Morgan fingerprint density at radius 1 is 1.18 bits per heavy atom. The van der Waals surface area contributed by atoms with Gasteiger partial charge in [-0.3, -0.25) is 0 Å². The van der Waals surface area contributed by atoms with E-state index < -0.39 is 0 Å². The lowest BCUT2D eigenvalue weighted by molar-refractivity contribution is 0.952. The summed E-state index contributed by atoms with van der Waals surface area (Å²) in [6.07, 6.45) is 1.06. The van der Waals surface area contributed by atoms with E-state index in [1.54, 1.807) is 0 Å². The summed E-state index contributed by atoms with van der Waals surface area (Å²) in [6.45, 7) is 3.02. The Kier molecular flexibility index (Phi) is 2.82. The van der Waals surface area contributed by atoms with Crippen molar-refractivity contribution in [3.05, 3.63) is 41.6 Å². The zero-order valence-corrected chi connectivity index (χ0v) is 13.1. The van der Waals surface area contributed by atoms with Gasteiger partial charge in [0, 0.05) is 32.0 Å². The molecule has 0 bridgehead atoms. The minimum absolute atomic E-state index is 0.730. The quantitative estimate of drug-likeness (QED) is 0.789. The van der Waals surface area contributed by atoms with E-state index in [9.17, 15) is 0 Å². The zero-order valence-electron chi connectivity index (χ0n) is 13.1. The van der Waals surface area contributed by atoms with Crippen molar-refractivity contribution < 1.29 is 0 Å². The largest absolute Gasteiger partial charge is 0.347 e. The minimum atomic E-state index is 0.730. The molecular formula is C17H19N5. The minimum Gasteiger partial charge on any atom is -0.347 e. The summed E-state index contributed by atoms with van der Waals surface area (Å²) in [5, 5.41) is 1.08. The molecule has 0 aliphatic carbocycles. The van der Waals surface area contributed by atoms with Crippen LogP contribution in [0.3, 0.4) is 0 Å². The van der Waals surface area contributed by atoms with Gasteiger partial charge in [-0.25, -0.2) is 0 Å². The summed E-state index contributed by atoms with van der Waals surface area (Å²) in [5.41, 5.74) is 4.64. The lowest BCUT2D eigenvalue weighted by Crippen LogP contribution is -2.19. The topological polar surface area (TPSA) is 48.1 Å². The van der Waals surface area contributed by atoms with Crippen molar-refractivity contribution in [3.63, 3.8) is 0 Å². The molecule has 0 saturated heterocycles.